The number of thiazole rings is 1. The number of sulfone groups is 1. The molecule has 134 valence electrons. The van der Waals surface area contributed by atoms with Crippen LogP contribution in [0.25, 0.3) is 0 Å². The summed E-state index contributed by atoms with van der Waals surface area (Å²) >= 11 is 1.25. The van der Waals surface area contributed by atoms with E-state index in [-0.39, 0.29) is 29.8 Å². The summed E-state index contributed by atoms with van der Waals surface area (Å²) in [5, 5.41) is 3.07. The standard InChI is InChI=1S/C16H16F2N2O3S2/c17-13-2-1-10(6-14(13)18)5-12-8-19-16(24-12)20-15(21)7-11-3-4-25(22,23)9-11/h1-2,6,8,11H,3-5,7,9H2,(H,19,20,21). The highest BCUT2D eigenvalue weighted by atomic mass is 32.2. The average molecular weight is 386 g/mol. The van der Waals surface area contributed by atoms with Crippen LogP contribution in [0.3, 0.4) is 0 Å². The van der Waals surface area contributed by atoms with E-state index < -0.39 is 21.5 Å². The van der Waals surface area contributed by atoms with Gasteiger partial charge in [0.2, 0.25) is 5.91 Å². The van der Waals surface area contributed by atoms with Gasteiger partial charge in [-0.3, -0.25) is 4.79 Å². The van der Waals surface area contributed by atoms with Gasteiger partial charge in [0.1, 0.15) is 0 Å². The molecule has 2 heterocycles. The van der Waals surface area contributed by atoms with E-state index in [2.05, 4.69) is 10.3 Å². The van der Waals surface area contributed by atoms with Crippen LogP contribution in [-0.4, -0.2) is 30.8 Å². The molecule has 1 unspecified atom stereocenters. The monoisotopic (exact) mass is 386 g/mol. The molecule has 1 aliphatic rings. The van der Waals surface area contributed by atoms with E-state index in [1.165, 1.54) is 17.4 Å². The van der Waals surface area contributed by atoms with Crippen molar-refractivity contribution < 1.29 is 22.0 Å². The highest BCUT2D eigenvalue weighted by Gasteiger charge is 2.29. The molecule has 25 heavy (non-hydrogen) atoms. The van der Waals surface area contributed by atoms with Crippen molar-refractivity contribution in [1.29, 1.82) is 0 Å². The molecule has 1 atom stereocenters. The number of carbonyl (C=O) groups excluding carboxylic acids is 1. The van der Waals surface area contributed by atoms with Crippen LogP contribution in [0.5, 0.6) is 0 Å². The summed E-state index contributed by atoms with van der Waals surface area (Å²) in [5.41, 5.74) is 0.608. The van der Waals surface area contributed by atoms with Gasteiger partial charge in [0.15, 0.2) is 26.6 Å². The van der Waals surface area contributed by atoms with Gasteiger partial charge in [-0.25, -0.2) is 22.2 Å². The zero-order chi connectivity index (χ0) is 18.0. The van der Waals surface area contributed by atoms with Gasteiger partial charge in [0.05, 0.1) is 11.5 Å². The molecule has 0 bridgehead atoms. The van der Waals surface area contributed by atoms with Gasteiger partial charge in [-0.05, 0) is 30.0 Å². The topological polar surface area (TPSA) is 76.1 Å². The number of amides is 1. The predicted octanol–water partition coefficient (Wildman–Crippen LogP) is 2.78. The van der Waals surface area contributed by atoms with Crippen molar-refractivity contribution >= 4 is 32.2 Å². The SMILES string of the molecule is O=C(CC1CCS(=O)(=O)C1)Nc1ncc(Cc2ccc(F)c(F)c2)s1. The summed E-state index contributed by atoms with van der Waals surface area (Å²) in [6, 6.07) is 3.70. The van der Waals surface area contributed by atoms with Crippen LogP contribution >= 0.6 is 11.3 Å². The smallest absolute Gasteiger partial charge is 0.226 e. The number of aromatic nitrogens is 1. The fourth-order valence-corrected chi connectivity index (χ4v) is 5.49. The minimum atomic E-state index is -3.00. The largest absolute Gasteiger partial charge is 0.302 e. The first-order valence-corrected chi connectivity index (χ1v) is 10.3. The van der Waals surface area contributed by atoms with E-state index in [1.807, 2.05) is 0 Å². The van der Waals surface area contributed by atoms with E-state index in [1.54, 1.807) is 6.20 Å². The van der Waals surface area contributed by atoms with E-state index in [0.717, 1.165) is 17.0 Å². The summed E-state index contributed by atoms with van der Waals surface area (Å²) in [4.78, 5) is 16.9. The maximum absolute atomic E-state index is 13.2. The normalized spacial score (nSPS) is 19.0. The molecule has 0 radical (unpaired) electrons. The predicted molar refractivity (Wildman–Crippen MR) is 91.3 cm³/mol. The number of carbonyl (C=O) groups is 1. The Balaban J connectivity index is 1.56. The van der Waals surface area contributed by atoms with E-state index >= 15 is 0 Å². The molecule has 9 heteroatoms. The maximum atomic E-state index is 13.2. The van der Waals surface area contributed by atoms with E-state index in [4.69, 9.17) is 0 Å². The molecule has 1 aliphatic heterocycles. The molecule has 3 rings (SSSR count). The minimum absolute atomic E-state index is 0.0552. The van der Waals surface area contributed by atoms with Gasteiger partial charge < -0.3 is 5.32 Å². The van der Waals surface area contributed by atoms with Crippen molar-refractivity contribution in [3.05, 3.63) is 46.5 Å². The number of hydrogen-bond donors (Lipinski definition) is 1. The Labute approximate surface area is 148 Å². The lowest BCUT2D eigenvalue weighted by Gasteiger charge is -2.06. The molecule has 1 N–H and O–H groups in total. The summed E-state index contributed by atoms with van der Waals surface area (Å²) in [7, 11) is -3.00. The molecule has 2 aromatic rings. The Morgan fingerprint density at radius 2 is 2.12 bits per heavy atom. The highest BCUT2D eigenvalue weighted by molar-refractivity contribution is 7.91. The lowest BCUT2D eigenvalue weighted by Crippen LogP contribution is -2.17. The van der Waals surface area contributed by atoms with Crippen molar-refractivity contribution in [3.8, 4) is 0 Å². The number of hydrogen-bond acceptors (Lipinski definition) is 5. The molecular weight excluding hydrogens is 370 g/mol. The molecule has 1 amide bonds. The molecule has 1 aromatic heterocycles. The molecule has 1 fully saturated rings. The fourth-order valence-electron chi connectivity index (χ4n) is 2.76. The molecule has 0 saturated carbocycles. The van der Waals surface area contributed by atoms with Gasteiger partial charge in [-0.2, -0.15) is 0 Å². The summed E-state index contributed by atoms with van der Waals surface area (Å²) < 4.78 is 49.0. The molecule has 1 aromatic carbocycles. The molecule has 1 saturated heterocycles. The van der Waals surface area contributed by atoms with Crippen LogP contribution in [0.1, 0.15) is 23.3 Å². The van der Waals surface area contributed by atoms with Crippen LogP contribution < -0.4 is 5.32 Å². The van der Waals surface area contributed by atoms with Crippen molar-refractivity contribution in [2.75, 3.05) is 16.8 Å². The van der Waals surface area contributed by atoms with Crippen molar-refractivity contribution in [3.63, 3.8) is 0 Å². The summed E-state index contributed by atoms with van der Waals surface area (Å²) in [6.07, 6.45) is 2.61. The van der Waals surface area contributed by atoms with Crippen LogP contribution in [0.2, 0.25) is 0 Å². The lowest BCUT2D eigenvalue weighted by molar-refractivity contribution is -0.116. The Morgan fingerprint density at radius 1 is 1.32 bits per heavy atom. The number of nitrogens with one attached hydrogen (secondary N) is 1. The first-order valence-electron chi connectivity index (χ1n) is 7.69. The third-order valence-electron chi connectivity index (χ3n) is 3.96. The molecular formula is C16H16F2N2O3S2. The second kappa shape index (κ2) is 7.17. The van der Waals surface area contributed by atoms with Crippen LogP contribution in [0.15, 0.2) is 24.4 Å². The van der Waals surface area contributed by atoms with Crippen molar-refractivity contribution in [1.82, 2.24) is 4.98 Å². The number of halogens is 2. The Bertz CT molecular complexity index is 897. The van der Waals surface area contributed by atoms with Crippen LogP contribution in [0, 0.1) is 17.6 Å². The van der Waals surface area contributed by atoms with Gasteiger partial charge in [0, 0.05) is 23.9 Å². The van der Waals surface area contributed by atoms with Crippen molar-refractivity contribution in [2.24, 2.45) is 5.92 Å². The quantitative estimate of drug-likeness (QED) is 0.857. The Morgan fingerprint density at radius 3 is 2.80 bits per heavy atom. The molecule has 0 aliphatic carbocycles. The molecule has 5 nitrogen and oxygen atoms in total. The minimum Gasteiger partial charge on any atom is -0.302 e. The van der Waals surface area contributed by atoms with E-state index in [0.29, 0.717) is 23.5 Å². The third kappa shape index (κ3) is 4.82. The third-order valence-corrected chi connectivity index (χ3v) is 6.71. The first kappa shape index (κ1) is 17.9. The Kier molecular flexibility index (Phi) is 5.14. The van der Waals surface area contributed by atoms with E-state index in [9.17, 15) is 22.0 Å². The molecule has 0 spiro atoms. The van der Waals surface area contributed by atoms with Gasteiger partial charge in [0.25, 0.3) is 0 Å². The highest BCUT2D eigenvalue weighted by Crippen LogP contribution is 2.25. The second-order valence-electron chi connectivity index (χ2n) is 6.08. The van der Waals surface area contributed by atoms with Crippen LogP contribution in [-0.2, 0) is 21.1 Å². The average Bonchev–Trinajstić information content (AvgIpc) is 3.09. The zero-order valence-corrected chi connectivity index (χ0v) is 14.8. The van der Waals surface area contributed by atoms with Crippen molar-refractivity contribution in [2.45, 2.75) is 19.3 Å². The number of rotatable bonds is 5. The summed E-state index contributed by atoms with van der Waals surface area (Å²) in [6.45, 7) is 0. The second-order valence-corrected chi connectivity index (χ2v) is 9.42. The number of nitrogens with zero attached hydrogens (tertiary/aromatic N) is 1. The lowest BCUT2D eigenvalue weighted by atomic mass is 10.1. The fraction of sp³-hybridized carbons (Fsp3) is 0.375. The zero-order valence-electron chi connectivity index (χ0n) is 13.2. The maximum Gasteiger partial charge on any atom is 0.226 e. The summed E-state index contributed by atoms with van der Waals surface area (Å²) in [5.74, 6) is -2.01. The Hall–Kier alpha value is -1.87. The number of anilines is 1. The number of benzene rings is 1. The first-order chi connectivity index (χ1) is 11.8. The van der Waals surface area contributed by atoms with Crippen LogP contribution in [0.4, 0.5) is 13.9 Å². The van der Waals surface area contributed by atoms with Gasteiger partial charge >= 0.3 is 0 Å². The van der Waals surface area contributed by atoms with Gasteiger partial charge in [-0.15, -0.1) is 11.3 Å². The van der Waals surface area contributed by atoms with Gasteiger partial charge in [-0.1, -0.05) is 6.07 Å².